The molecule has 0 unspecified atom stereocenters. The number of rotatable bonds is 5. The SMILES string of the molecule is O=C(COC(=O)C[C@H]1C[C@H]2CC[C@@H]1C2)Nc1ccccc1Br. The van der Waals surface area contributed by atoms with Crippen molar-refractivity contribution in [3.63, 3.8) is 0 Å². The summed E-state index contributed by atoms with van der Waals surface area (Å²) in [5.41, 5.74) is 0.677. The molecule has 0 heterocycles. The van der Waals surface area contributed by atoms with Gasteiger partial charge in [-0.15, -0.1) is 0 Å². The Morgan fingerprint density at radius 1 is 1.23 bits per heavy atom. The topological polar surface area (TPSA) is 55.4 Å². The fourth-order valence-corrected chi connectivity index (χ4v) is 4.18. The number of benzene rings is 1. The number of anilines is 1. The van der Waals surface area contributed by atoms with E-state index < -0.39 is 0 Å². The molecule has 2 aliphatic rings. The molecule has 0 saturated heterocycles. The van der Waals surface area contributed by atoms with Gasteiger partial charge in [0.15, 0.2) is 6.61 Å². The van der Waals surface area contributed by atoms with Crippen molar-refractivity contribution >= 4 is 33.5 Å². The highest BCUT2D eigenvalue weighted by atomic mass is 79.9. The highest BCUT2D eigenvalue weighted by Gasteiger charge is 2.40. The van der Waals surface area contributed by atoms with E-state index in [1.54, 1.807) is 6.07 Å². The monoisotopic (exact) mass is 365 g/mol. The molecule has 1 aromatic rings. The Morgan fingerprint density at radius 2 is 2.05 bits per heavy atom. The van der Waals surface area contributed by atoms with Crippen LogP contribution < -0.4 is 5.32 Å². The van der Waals surface area contributed by atoms with Crippen LogP contribution in [0.4, 0.5) is 5.69 Å². The summed E-state index contributed by atoms with van der Waals surface area (Å²) in [4.78, 5) is 23.7. The van der Waals surface area contributed by atoms with E-state index in [4.69, 9.17) is 4.74 Å². The third kappa shape index (κ3) is 3.69. The lowest BCUT2D eigenvalue weighted by Crippen LogP contribution is -2.23. The number of hydrogen-bond acceptors (Lipinski definition) is 3. The van der Waals surface area contributed by atoms with Gasteiger partial charge in [0.05, 0.1) is 5.69 Å². The minimum absolute atomic E-state index is 0.221. The smallest absolute Gasteiger partial charge is 0.306 e. The fraction of sp³-hybridized carbons (Fsp3) is 0.529. The van der Waals surface area contributed by atoms with Crippen LogP contribution in [0.3, 0.4) is 0 Å². The zero-order valence-corrected chi connectivity index (χ0v) is 14.0. The summed E-state index contributed by atoms with van der Waals surface area (Å²) >= 11 is 3.36. The van der Waals surface area contributed by atoms with Crippen molar-refractivity contribution in [3.8, 4) is 0 Å². The molecule has 3 atom stereocenters. The van der Waals surface area contributed by atoms with Crippen LogP contribution in [0, 0.1) is 17.8 Å². The summed E-state index contributed by atoms with van der Waals surface area (Å²) in [6.45, 7) is -0.221. The Balaban J connectivity index is 1.41. The number of fused-ring (bicyclic) bond motifs is 2. The van der Waals surface area contributed by atoms with Gasteiger partial charge in [0.2, 0.25) is 0 Å². The number of nitrogens with one attached hydrogen (secondary N) is 1. The Bertz CT molecular complexity index is 575. The molecule has 1 amide bonds. The van der Waals surface area contributed by atoms with E-state index in [2.05, 4.69) is 21.2 Å². The summed E-state index contributed by atoms with van der Waals surface area (Å²) in [5.74, 6) is 1.43. The van der Waals surface area contributed by atoms with E-state index in [0.29, 0.717) is 23.9 Å². The lowest BCUT2D eigenvalue weighted by molar-refractivity contribution is -0.148. The van der Waals surface area contributed by atoms with Gasteiger partial charge in [-0.3, -0.25) is 9.59 Å². The van der Waals surface area contributed by atoms with Gasteiger partial charge in [0, 0.05) is 10.9 Å². The van der Waals surface area contributed by atoms with Crippen LogP contribution in [0.1, 0.15) is 32.1 Å². The van der Waals surface area contributed by atoms with Gasteiger partial charge in [-0.2, -0.15) is 0 Å². The van der Waals surface area contributed by atoms with Crippen molar-refractivity contribution in [3.05, 3.63) is 28.7 Å². The van der Waals surface area contributed by atoms with Crippen molar-refractivity contribution in [1.29, 1.82) is 0 Å². The van der Waals surface area contributed by atoms with E-state index in [0.717, 1.165) is 16.8 Å². The molecule has 0 spiro atoms. The predicted molar refractivity (Wildman–Crippen MR) is 87.3 cm³/mol. The summed E-state index contributed by atoms with van der Waals surface area (Å²) in [6.07, 6.45) is 5.47. The third-order valence-electron chi connectivity index (χ3n) is 4.83. The molecule has 1 aromatic carbocycles. The second-order valence-corrected chi connectivity index (χ2v) is 7.18. The molecule has 2 saturated carbocycles. The maximum Gasteiger partial charge on any atom is 0.306 e. The van der Waals surface area contributed by atoms with E-state index >= 15 is 0 Å². The van der Waals surface area contributed by atoms with Gasteiger partial charge in [0.1, 0.15) is 0 Å². The fourth-order valence-electron chi connectivity index (χ4n) is 3.79. The Labute approximate surface area is 138 Å². The third-order valence-corrected chi connectivity index (χ3v) is 5.52. The average Bonchev–Trinajstić information content (AvgIpc) is 3.10. The van der Waals surface area contributed by atoms with Gasteiger partial charge in [-0.05, 0) is 65.1 Å². The summed E-state index contributed by atoms with van der Waals surface area (Å²) in [7, 11) is 0. The van der Waals surface area contributed by atoms with Crippen LogP contribution >= 0.6 is 15.9 Å². The van der Waals surface area contributed by atoms with E-state index in [1.165, 1.54) is 19.3 Å². The van der Waals surface area contributed by atoms with Gasteiger partial charge in [0.25, 0.3) is 5.91 Å². The van der Waals surface area contributed by atoms with Crippen molar-refractivity contribution in [1.82, 2.24) is 0 Å². The Hall–Kier alpha value is -1.36. The van der Waals surface area contributed by atoms with Crippen LogP contribution in [0.15, 0.2) is 28.7 Å². The Kier molecular flexibility index (Phi) is 4.81. The van der Waals surface area contributed by atoms with Crippen LogP contribution in [0.2, 0.25) is 0 Å². The molecule has 118 valence electrons. The van der Waals surface area contributed by atoms with Crippen LogP contribution in [0.5, 0.6) is 0 Å². The molecule has 4 nitrogen and oxygen atoms in total. The number of halogens is 1. The number of para-hydroxylation sites is 1. The lowest BCUT2D eigenvalue weighted by atomic mass is 9.86. The number of carbonyl (C=O) groups is 2. The standard InChI is InChI=1S/C17H20BrNO3/c18-14-3-1-2-4-15(14)19-16(20)10-22-17(21)9-13-8-11-5-6-12(13)7-11/h1-4,11-13H,5-10H2,(H,19,20)/t11-,12+,13+/m0/s1. The maximum absolute atomic E-state index is 11.9. The maximum atomic E-state index is 11.9. The molecule has 1 N–H and O–H groups in total. The molecular formula is C17H20BrNO3. The van der Waals surface area contributed by atoms with Gasteiger partial charge in [-0.1, -0.05) is 18.6 Å². The normalized spacial score (nSPS) is 26.0. The molecule has 0 radical (unpaired) electrons. The second-order valence-electron chi connectivity index (χ2n) is 6.33. The second kappa shape index (κ2) is 6.82. The number of ether oxygens (including phenoxy) is 1. The molecule has 2 aliphatic carbocycles. The summed E-state index contributed by atoms with van der Waals surface area (Å²) in [6, 6.07) is 7.34. The first-order valence-corrected chi connectivity index (χ1v) is 8.61. The zero-order valence-electron chi connectivity index (χ0n) is 12.4. The highest BCUT2D eigenvalue weighted by Crippen LogP contribution is 2.49. The van der Waals surface area contributed by atoms with Crippen molar-refractivity contribution in [2.75, 3.05) is 11.9 Å². The number of amides is 1. The molecule has 22 heavy (non-hydrogen) atoms. The molecule has 0 aromatic heterocycles. The van der Waals surface area contributed by atoms with Crippen molar-refractivity contribution in [2.24, 2.45) is 17.8 Å². The minimum Gasteiger partial charge on any atom is -0.456 e. The number of hydrogen-bond donors (Lipinski definition) is 1. The van der Waals surface area contributed by atoms with E-state index in [9.17, 15) is 9.59 Å². The predicted octanol–water partition coefficient (Wildman–Crippen LogP) is 3.76. The summed E-state index contributed by atoms with van der Waals surface area (Å²) in [5, 5.41) is 2.72. The lowest BCUT2D eigenvalue weighted by Gasteiger charge is -2.20. The van der Waals surface area contributed by atoms with Crippen LogP contribution in [-0.4, -0.2) is 18.5 Å². The Morgan fingerprint density at radius 3 is 2.73 bits per heavy atom. The molecule has 3 rings (SSSR count). The molecule has 5 heteroatoms. The van der Waals surface area contributed by atoms with Crippen LogP contribution in [0.25, 0.3) is 0 Å². The van der Waals surface area contributed by atoms with Crippen LogP contribution in [-0.2, 0) is 14.3 Å². The quantitative estimate of drug-likeness (QED) is 0.808. The first-order chi connectivity index (χ1) is 10.6. The first kappa shape index (κ1) is 15.5. The molecular weight excluding hydrogens is 346 g/mol. The van der Waals surface area contributed by atoms with Gasteiger partial charge in [-0.25, -0.2) is 0 Å². The zero-order chi connectivity index (χ0) is 15.5. The highest BCUT2D eigenvalue weighted by molar-refractivity contribution is 9.10. The van der Waals surface area contributed by atoms with Gasteiger partial charge < -0.3 is 10.1 Å². The first-order valence-electron chi connectivity index (χ1n) is 7.82. The van der Waals surface area contributed by atoms with Gasteiger partial charge >= 0.3 is 5.97 Å². The number of carbonyl (C=O) groups excluding carboxylic acids is 2. The average molecular weight is 366 g/mol. The number of esters is 1. The van der Waals surface area contributed by atoms with E-state index in [1.807, 2.05) is 18.2 Å². The largest absolute Gasteiger partial charge is 0.456 e. The molecule has 2 fully saturated rings. The van der Waals surface area contributed by atoms with Crippen molar-refractivity contribution < 1.29 is 14.3 Å². The molecule has 2 bridgehead atoms. The van der Waals surface area contributed by atoms with Crippen molar-refractivity contribution in [2.45, 2.75) is 32.1 Å². The van der Waals surface area contributed by atoms with E-state index in [-0.39, 0.29) is 18.5 Å². The summed E-state index contributed by atoms with van der Waals surface area (Å²) < 4.78 is 5.92. The molecule has 0 aliphatic heterocycles. The minimum atomic E-state index is -0.312.